The Morgan fingerprint density at radius 1 is 1.25 bits per heavy atom. The van der Waals surface area contributed by atoms with Crippen molar-refractivity contribution in [2.75, 3.05) is 23.7 Å². The van der Waals surface area contributed by atoms with Crippen molar-refractivity contribution in [2.24, 2.45) is 0 Å². The molecule has 24 heavy (non-hydrogen) atoms. The third-order valence-electron chi connectivity index (χ3n) is 3.62. The van der Waals surface area contributed by atoms with Crippen LogP contribution in [0.15, 0.2) is 24.3 Å². The molecule has 1 aromatic carbocycles. The highest BCUT2D eigenvalue weighted by molar-refractivity contribution is 7.92. The molecule has 1 aromatic rings. The van der Waals surface area contributed by atoms with Crippen molar-refractivity contribution >= 4 is 21.6 Å². The molecule has 0 spiro atoms. The molecule has 1 N–H and O–H groups in total. The van der Waals surface area contributed by atoms with Gasteiger partial charge in [-0.3, -0.25) is 9.10 Å². The summed E-state index contributed by atoms with van der Waals surface area (Å²) >= 11 is 0. The smallest absolute Gasteiger partial charge is 0.232 e. The van der Waals surface area contributed by atoms with Crippen molar-refractivity contribution in [3.8, 4) is 5.75 Å². The Kier molecular flexibility index (Phi) is 8.04. The molecule has 0 aromatic heterocycles. The van der Waals surface area contributed by atoms with E-state index in [1.807, 2.05) is 20.8 Å². The zero-order chi connectivity index (χ0) is 18.2. The molecule has 7 heteroatoms. The molecule has 0 saturated carbocycles. The quantitative estimate of drug-likeness (QED) is 0.699. The van der Waals surface area contributed by atoms with Crippen molar-refractivity contribution in [3.63, 3.8) is 0 Å². The summed E-state index contributed by atoms with van der Waals surface area (Å²) in [5, 5.41) is 2.88. The van der Waals surface area contributed by atoms with Crippen molar-refractivity contribution in [2.45, 2.75) is 46.1 Å². The number of amides is 1. The second kappa shape index (κ2) is 9.52. The molecule has 136 valence electrons. The van der Waals surface area contributed by atoms with Crippen molar-refractivity contribution in [1.29, 1.82) is 0 Å². The Bertz CT molecular complexity index is 614. The summed E-state index contributed by atoms with van der Waals surface area (Å²) < 4.78 is 30.8. The molecule has 0 fully saturated rings. The summed E-state index contributed by atoms with van der Waals surface area (Å²) in [5.74, 6) is 0.645. The molecule has 0 heterocycles. The number of carbonyl (C=O) groups is 1. The Labute approximate surface area is 145 Å². The predicted molar refractivity (Wildman–Crippen MR) is 96.9 cm³/mol. The fourth-order valence-corrected chi connectivity index (χ4v) is 3.16. The van der Waals surface area contributed by atoms with E-state index >= 15 is 0 Å². The minimum Gasteiger partial charge on any atom is -0.494 e. The summed E-state index contributed by atoms with van der Waals surface area (Å²) in [6, 6.07) is 7.05. The maximum absolute atomic E-state index is 12.0. The first-order chi connectivity index (χ1) is 11.3. The van der Waals surface area contributed by atoms with Gasteiger partial charge in [0.05, 0.1) is 18.6 Å². The number of carbonyl (C=O) groups excluding carboxylic acids is 1. The SMILES string of the molecule is CCOc1ccc(N(CCCC(=O)NC(C)CC)S(C)(=O)=O)cc1. The number of sulfonamides is 1. The van der Waals surface area contributed by atoms with Crippen molar-refractivity contribution in [3.05, 3.63) is 24.3 Å². The van der Waals surface area contributed by atoms with Gasteiger partial charge in [0, 0.05) is 19.0 Å². The van der Waals surface area contributed by atoms with Gasteiger partial charge in [0.1, 0.15) is 5.75 Å². The fourth-order valence-electron chi connectivity index (χ4n) is 2.19. The van der Waals surface area contributed by atoms with Crippen LogP contribution in [0.1, 0.15) is 40.0 Å². The van der Waals surface area contributed by atoms with E-state index in [0.717, 1.165) is 6.42 Å². The van der Waals surface area contributed by atoms with E-state index in [1.165, 1.54) is 10.6 Å². The van der Waals surface area contributed by atoms with Crippen LogP contribution in [0.3, 0.4) is 0 Å². The van der Waals surface area contributed by atoms with Gasteiger partial charge in [-0.25, -0.2) is 8.42 Å². The molecular formula is C17H28N2O4S. The minimum absolute atomic E-state index is 0.0514. The third kappa shape index (κ3) is 6.78. The van der Waals surface area contributed by atoms with Crippen LogP contribution in [0.4, 0.5) is 5.69 Å². The van der Waals surface area contributed by atoms with Crippen LogP contribution >= 0.6 is 0 Å². The van der Waals surface area contributed by atoms with Crippen LogP contribution in [-0.2, 0) is 14.8 Å². The Morgan fingerprint density at radius 2 is 1.88 bits per heavy atom. The highest BCUT2D eigenvalue weighted by Crippen LogP contribution is 2.22. The van der Waals surface area contributed by atoms with E-state index in [-0.39, 0.29) is 18.5 Å². The topological polar surface area (TPSA) is 75.7 Å². The van der Waals surface area contributed by atoms with Crippen LogP contribution in [0.2, 0.25) is 0 Å². The third-order valence-corrected chi connectivity index (χ3v) is 4.81. The predicted octanol–water partition coefficient (Wildman–Crippen LogP) is 2.55. The fraction of sp³-hybridized carbons (Fsp3) is 0.588. The zero-order valence-electron chi connectivity index (χ0n) is 14.9. The molecule has 1 atom stereocenters. The normalized spacial score (nSPS) is 12.5. The number of ether oxygens (including phenoxy) is 1. The second-order valence-corrected chi connectivity index (χ2v) is 7.65. The average molecular weight is 356 g/mol. The van der Waals surface area contributed by atoms with Gasteiger partial charge in [-0.15, -0.1) is 0 Å². The maximum atomic E-state index is 12.0. The van der Waals surface area contributed by atoms with Crippen LogP contribution in [0.5, 0.6) is 5.75 Å². The molecule has 6 nitrogen and oxygen atoms in total. The van der Waals surface area contributed by atoms with E-state index in [2.05, 4.69) is 5.32 Å². The molecule has 1 amide bonds. The van der Waals surface area contributed by atoms with E-state index in [4.69, 9.17) is 4.74 Å². The zero-order valence-corrected chi connectivity index (χ0v) is 15.7. The number of hydrogen-bond donors (Lipinski definition) is 1. The molecular weight excluding hydrogens is 328 g/mol. The monoisotopic (exact) mass is 356 g/mol. The second-order valence-electron chi connectivity index (χ2n) is 5.74. The Morgan fingerprint density at radius 3 is 2.38 bits per heavy atom. The highest BCUT2D eigenvalue weighted by Gasteiger charge is 2.17. The Hall–Kier alpha value is -1.76. The van der Waals surface area contributed by atoms with Gasteiger partial charge in [0.25, 0.3) is 0 Å². The molecule has 0 aliphatic carbocycles. The first-order valence-corrected chi connectivity index (χ1v) is 10.1. The summed E-state index contributed by atoms with van der Waals surface area (Å²) in [6.45, 7) is 6.66. The molecule has 0 aliphatic rings. The Balaban J connectivity index is 2.69. The van der Waals surface area contributed by atoms with Crippen LogP contribution in [-0.4, -0.2) is 39.8 Å². The highest BCUT2D eigenvalue weighted by atomic mass is 32.2. The summed E-state index contributed by atoms with van der Waals surface area (Å²) in [6.07, 6.45) is 2.80. The van der Waals surface area contributed by atoms with Gasteiger partial charge in [-0.2, -0.15) is 0 Å². The lowest BCUT2D eigenvalue weighted by Crippen LogP contribution is -2.34. The molecule has 0 saturated heterocycles. The number of anilines is 1. The summed E-state index contributed by atoms with van der Waals surface area (Å²) in [4.78, 5) is 11.8. The van der Waals surface area contributed by atoms with Crippen molar-refractivity contribution < 1.29 is 17.9 Å². The average Bonchev–Trinajstić information content (AvgIpc) is 2.51. The van der Waals surface area contributed by atoms with E-state index in [0.29, 0.717) is 30.9 Å². The van der Waals surface area contributed by atoms with Gasteiger partial charge in [-0.1, -0.05) is 6.92 Å². The summed E-state index contributed by atoms with van der Waals surface area (Å²) in [5.41, 5.74) is 0.572. The maximum Gasteiger partial charge on any atom is 0.232 e. The number of nitrogens with one attached hydrogen (secondary N) is 1. The van der Waals surface area contributed by atoms with Gasteiger partial charge in [0.15, 0.2) is 0 Å². The largest absolute Gasteiger partial charge is 0.494 e. The molecule has 0 aliphatic heterocycles. The molecule has 1 rings (SSSR count). The van der Waals surface area contributed by atoms with E-state index in [1.54, 1.807) is 24.3 Å². The first-order valence-electron chi connectivity index (χ1n) is 8.27. The lowest BCUT2D eigenvalue weighted by molar-refractivity contribution is -0.121. The van der Waals surface area contributed by atoms with Gasteiger partial charge in [0.2, 0.25) is 15.9 Å². The number of rotatable bonds is 10. The standard InChI is InChI=1S/C17H28N2O4S/c1-5-14(3)18-17(20)8-7-13-19(24(4,21)22)15-9-11-16(12-10-15)23-6-2/h9-12,14H,5-8,13H2,1-4H3,(H,18,20). The number of hydrogen-bond acceptors (Lipinski definition) is 4. The lowest BCUT2D eigenvalue weighted by atomic mass is 10.2. The number of benzene rings is 1. The van der Waals surface area contributed by atoms with E-state index < -0.39 is 10.0 Å². The van der Waals surface area contributed by atoms with Gasteiger partial charge >= 0.3 is 0 Å². The first kappa shape index (κ1) is 20.3. The lowest BCUT2D eigenvalue weighted by Gasteiger charge is -2.22. The van der Waals surface area contributed by atoms with Crippen LogP contribution < -0.4 is 14.4 Å². The van der Waals surface area contributed by atoms with E-state index in [9.17, 15) is 13.2 Å². The van der Waals surface area contributed by atoms with Gasteiger partial charge < -0.3 is 10.1 Å². The van der Waals surface area contributed by atoms with Crippen molar-refractivity contribution in [1.82, 2.24) is 5.32 Å². The van der Waals surface area contributed by atoms with Gasteiger partial charge in [-0.05, 0) is 51.0 Å². The molecule has 0 radical (unpaired) electrons. The molecule has 1 unspecified atom stereocenters. The molecule has 0 bridgehead atoms. The van der Waals surface area contributed by atoms with Crippen LogP contribution in [0.25, 0.3) is 0 Å². The minimum atomic E-state index is -3.41. The summed E-state index contributed by atoms with van der Waals surface area (Å²) in [7, 11) is -3.41. The number of nitrogens with zero attached hydrogens (tertiary/aromatic N) is 1. The van der Waals surface area contributed by atoms with Crippen LogP contribution in [0, 0.1) is 0 Å².